The summed E-state index contributed by atoms with van der Waals surface area (Å²) < 4.78 is 6.64. The highest BCUT2D eigenvalue weighted by Crippen LogP contribution is 2.51. The molecule has 1 aromatic rings. The number of nitrogens with one attached hydrogen (secondary N) is 1. The van der Waals surface area contributed by atoms with Crippen LogP contribution in [0.15, 0.2) is 47.6 Å². The molecule has 1 unspecified atom stereocenters. The molecule has 6 rings (SSSR count). The first-order valence-electron chi connectivity index (χ1n) is 9.88. The van der Waals surface area contributed by atoms with Gasteiger partial charge in [-0.15, -0.1) is 0 Å². The van der Waals surface area contributed by atoms with Crippen molar-refractivity contribution in [3.8, 4) is 0 Å². The van der Waals surface area contributed by atoms with E-state index >= 15 is 0 Å². The lowest BCUT2D eigenvalue weighted by Gasteiger charge is -2.51. The second kappa shape index (κ2) is 6.48. The zero-order valence-corrected chi connectivity index (χ0v) is 16.0. The summed E-state index contributed by atoms with van der Waals surface area (Å²) in [5, 5.41) is 14.3. The van der Waals surface area contributed by atoms with E-state index < -0.39 is 11.0 Å². The number of carbonyl (C=O) groups is 1. The van der Waals surface area contributed by atoms with Crippen LogP contribution in [0, 0.1) is 16.0 Å². The van der Waals surface area contributed by atoms with Crippen LogP contribution in [-0.4, -0.2) is 41.1 Å². The zero-order valence-electron chi connectivity index (χ0n) is 16.0. The number of piperidine rings is 3. The molecule has 1 atom stereocenters. The van der Waals surface area contributed by atoms with Crippen LogP contribution < -0.4 is 16.0 Å². The fourth-order valence-corrected chi connectivity index (χ4v) is 5.26. The second-order valence-corrected chi connectivity index (χ2v) is 8.24. The molecule has 5 aliphatic rings. The number of fused-ring (bicyclic) bond motifs is 2. The molecular weight excluding hydrogens is 374 g/mol. The van der Waals surface area contributed by atoms with Gasteiger partial charge in [0.2, 0.25) is 0 Å². The van der Waals surface area contributed by atoms with E-state index in [1.165, 1.54) is 6.07 Å². The minimum absolute atomic E-state index is 0.0191. The third kappa shape index (κ3) is 2.93. The predicted molar refractivity (Wildman–Crippen MR) is 106 cm³/mol. The molecule has 152 valence electrons. The minimum Gasteiger partial charge on any atom is -0.470 e. The maximum absolute atomic E-state index is 11.6. The van der Waals surface area contributed by atoms with Gasteiger partial charge in [0, 0.05) is 48.8 Å². The number of nitrogens with two attached hydrogens (primary N) is 1. The smallest absolute Gasteiger partial charge is 0.316 e. The topological polar surface area (TPSA) is 114 Å². The average Bonchev–Trinajstić information content (AvgIpc) is 3.05. The first kappa shape index (κ1) is 18.0. The van der Waals surface area contributed by atoms with Crippen LogP contribution in [0.4, 0.5) is 16.2 Å². The maximum atomic E-state index is 11.6. The summed E-state index contributed by atoms with van der Waals surface area (Å²) in [5.41, 5.74) is 7.09. The molecule has 2 amide bonds. The Balaban J connectivity index is 1.55. The number of benzene rings is 1. The van der Waals surface area contributed by atoms with Crippen LogP contribution in [0.25, 0.3) is 0 Å². The number of primary amides is 1. The average molecular weight is 397 g/mol. The number of carbonyl (C=O) groups excluding carboxylic acids is 1. The molecule has 2 bridgehead atoms. The lowest BCUT2D eigenvalue weighted by Crippen LogP contribution is -2.59. The summed E-state index contributed by atoms with van der Waals surface area (Å²) in [6.07, 6.45) is 5.17. The number of anilines is 1. The van der Waals surface area contributed by atoms with Crippen molar-refractivity contribution in [3.63, 3.8) is 0 Å². The summed E-state index contributed by atoms with van der Waals surface area (Å²) in [4.78, 5) is 26.8. The number of hydrogen-bond donors (Lipinski definition) is 2. The number of rotatable bonds is 3. The van der Waals surface area contributed by atoms with Crippen molar-refractivity contribution in [2.45, 2.75) is 31.3 Å². The SMILES string of the molecule is NC(=O)NC1=CN(c2ccccc2[N+](=O)[O-])C2=C(C1)CC1(CN3CCC1CC3)O2. The molecule has 9 nitrogen and oxygen atoms in total. The number of nitro groups is 1. The van der Waals surface area contributed by atoms with Crippen molar-refractivity contribution < 1.29 is 14.5 Å². The fraction of sp³-hybridized carbons (Fsp3) is 0.450. The number of allylic oxidation sites excluding steroid dienone is 1. The number of para-hydroxylation sites is 2. The Labute approximate surface area is 167 Å². The van der Waals surface area contributed by atoms with Crippen molar-refractivity contribution in [2.75, 3.05) is 24.5 Å². The summed E-state index contributed by atoms with van der Waals surface area (Å²) in [6, 6.07) is 5.90. The van der Waals surface area contributed by atoms with Crippen LogP contribution >= 0.6 is 0 Å². The van der Waals surface area contributed by atoms with Gasteiger partial charge in [-0.25, -0.2) is 4.79 Å². The monoisotopic (exact) mass is 397 g/mol. The molecule has 0 aromatic heterocycles. The van der Waals surface area contributed by atoms with Crippen LogP contribution in [0.2, 0.25) is 0 Å². The molecule has 5 aliphatic heterocycles. The van der Waals surface area contributed by atoms with E-state index in [9.17, 15) is 14.9 Å². The Bertz CT molecular complexity index is 950. The van der Waals surface area contributed by atoms with Gasteiger partial charge in [0.25, 0.3) is 5.69 Å². The van der Waals surface area contributed by atoms with Crippen molar-refractivity contribution in [2.24, 2.45) is 11.7 Å². The Morgan fingerprint density at radius 1 is 1.31 bits per heavy atom. The molecule has 29 heavy (non-hydrogen) atoms. The van der Waals surface area contributed by atoms with E-state index in [1.54, 1.807) is 29.3 Å². The second-order valence-electron chi connectivity index (χ2n) is 8.24. The highest BCUT2D eigenvalue weighted by atomic mass is 16.6. The van der Waals surface area contributed by atoms with E-state index in [4.69, 9.17) is 10.5 Å². The van der Waals surface area contributed by atoms with Crippen molar-refractivity contribution in [3.05, 3.63) is 57.7 Å². The van der Waals surface area contributed by atoms with Gasteiger partial charge < -0.3 is 15.8 Å². The fourth-order valence-electron chi connectivity index (χ4n) is 5.26. The molecule has 3 N–H and O–H groups in total. The Kier molecular flexibility index (Phi) is 4.02. The van der Waals surface area contributed by atoms with Gasteiger partial charge in [-0.2, -0.15) is 0 Å². The number of amides is 2. The molecule has 3 saturated heterocycles. The Morgan fingerprint density at radius 2 is 2.07 bits per heavy atom. The van der Waals surface area contributed by atoms with E-state index in [0.29, 0.717) is 29.6 Å². The van der Waals surface area contributed by atoms with Gasteiger partial charge in [0.15, 0.2) is 5.88 Å². The molecule has 1 aromatic carbocycles. The Morgan fingerprint density at radius 3 is 2.72 bits per heavy atom. The molecular formula is C20H23N5O4. The lowest BCUT2D eigenvalue weighted by atomic mass is 9.73. The normalized spacial score (nSPS) is 30.1. The van der Waals surface area contributed by atoms with Gasteiger partial charge in [-0.1, -0.05) is 12.1 Å². The van der Waals surface area contributed by atoms with Crippen LogP contribution in [0.1, 0.15) is 25.7 Å². The van der Waals surface area contributed by atoms with Crippen molar-refractivity contribution in [1.29, 1.82) is 0 Å². The van der Waals surface area contributed by atoms with Gasteiger partial charge in [-0.3, -0.25) is 19.9 Å². The molecule has 0 saturated carbocycles. The molecule has 3 fully saturated rings. The molecule has 1 spiro atoms. The van der Waals surface area contributed by atoms with Crippen molar-refractivity contribution >= 4 is 17.4 Å². The van der Waals surface area contributed by atoms with Gasteiger partial charge in [0.1, 0.15) is 11.3 Å². The van der Waals surface area contributed by atoms with E-state index in [-0.39, 0.29) is 11.3 Å². The quantitative estimate of drug-likeness (QED) is 0.598. The summed E-state index contributed by atoms with van der Waals surface area (Å²) in [7, 11) is 0. The first-order valence-corrected chi connectivity index (χ1v) is 9.88. The van der Waals surface area contributed by atoms with Gasteiger partial charge in [0.05, 0.1) is 4.92 Å². The van der Waals surface area contributed by atoms with E-state index in [1.807, 2.05) is 0 Å². The minimum atomic E-state index is -0.653. The van der Waals surface area contributed by atoms with Crippen LogP contribution in [-0.2, 0) is 4.74 Å². The van der Waals surface area contributed by atoms with E-state index in [2.05, 4.69) is 10.2 Å². The highest BCUT2D eigenvalue weighted by Gasteiger charge is 2.54. The number of nitrogens with zero attached hydrogens (tertiary/aromatic N) is 3. The number of nitro benzene ring substituents is 1. The van der Waals surface area contributed by atoms with Crippen molar-refractivity contribution in [1.82, 2.24) is 10.2 Å². The van der Waals surface area contributed by atoms with Crippen LogP contribution in [0.3, 0.4) is 0 Å². The third-order valence-corrected chi connectivity index (χ3v) is 6.47. The maximum Gasteiger partial charge on any atom is 0.316 e. The molecule has 5 heterocycles. The zero-order chi connectivity index (χ0) is 20.2. The molecule has 9 heteroatoms. The standard InChI is InChI=1S/C20H23N5O4/c21-19(26)22-15-9-13-10-20(12-23-7-5-14(20)6-8-23)29-18(13)24(11-15)16-3-1-2-4-17(16)25(27)28/h1-4,11,14H,5-10,12H2,(H3,21,22,26). The third-order valence-electron chi connectivity index (χ3n) is 6.47. The molecule has 0 aliphatic carbocycles. The van der Waals surface area contributed by atoms with Crippen LogP contribution in [0.5, 0.6) is 0 Å². The summed E-state index contributed by atoms with van der Waals surface area (Å²) in [5.74, 6) is 1.13. The largest absolute Gasteiger partial charge is 0.470 e. The molecule has 0 radical (unpaired) electrons. The van der Waals surface area contributed by atoms with Gasteiger partial charge >= 0.3 is 6.03 Å². The highest BCUT2D eigenvalue weighted by molar-refractivity contribution is 5.75. The number of ether oxygens (including phenoxy) is 1. The predicted octanol–water partition coefficient (Wildman–Crippen LogP) is 2.41. The first-order chi connectivity index (χ1) is 13.9. The lowest BCUT2D eigenvalue weighted by molar-refractivity contribution is -0.384. The summed E-state index contributed by atoms with van der Waals surface area (Å²) in [6.45, 7) is 3.07. The van der Waals surface area contributed by atoms with Gasteiger partial charge in [-0.05, 0) is 32.0 Å². The van der Waals surface area contributed by atoms with E-state index in [0.717, 1.165) is 44.5 Å². The number of urea groups is 1. The summed E-state index contributed by atoms with van der Waals surface area (Å²) >= 11 is 0. The Hall–Kier alpha value is -3.07. The number of hydrogen-bond acceptors (Lipinski definition) is 6.